The predicted octanol–water partition coefficient (Wildman–Crippen LogP) is 2.66. The summed E-state index contributed by atoms with van der Waals surface area (Å²) in [5.41, 5.74) is 1.89. The Labute approximate surface area is 88.1 Å². The second-order valence-electron chi connectivity index (χ2n) is 3.17. The van der Waals surface area contributed by atoms with E-state index in [1.165, 1.54) is 0 Å². The first-order valence-corrected chi connectivity index (χ1v) is 4.60. The van der Waals surface area contributed by atoms with E-state index in [9.17, 15) is 0 Å². The minimum absolute atomic E-state index is 0.381. The molecule has 3 nitrogen and oxygen atoms in total. The van der Waals surface area contributed by atoms with Gasteiger partial charge in [-0.25, -0.2) is 6.57 Å². The Morgan fingerprint density at radius 2 is 2.27 bits per heavy atom. The number of ether oxygens (including phenoxy) is 1. The highest BCUT2D eigenvalue weighted by atomic mass is 16.5. The maximum absolute atomic E-state index is 6.89. The molecule has 0 aliphatic rings. The maximum Gasteiger partial charge on any atom is 0.240 e. The Bertz CT molecular complexity index is 529. The fourth-order valence-corrected chi connectivity index (χ4v) is 1.53. The van der Waals surface area contributed by atoms with Crippen LogP contribution >= 0.6 is 0 Å². The zero-order chi connectivity index (χ0) is 10.7. The summed E-state index contributed by atoms with van der Waals surface area (Å²) in [6.07, 6.45) is 1.73. The molecule has 0 fully saturated rings. The van der Waals surface area contributed by atoms with E-state index in [1.54, 1.807) is 13.3 Å². The molecule has 0 radical (unpaired) electrons. The van der Waals surface area contributed by atoms with E-state index in [4.69, 9.17) is 11.3 Å². The SMILES string of the molecule is [C-]#[N+]Cc1ccnc2ccc(OC)cc12. The average Bonchev–Trinajstić information content (AvgIpc) is 2.29. The van der Waals surface area contributed by atoms with Gasteiger partial charge in [-0.1, -0.05) is 0 Å². The highest BCUT2D eigenvalue weighted by Gasteiger charge is 2.04. The summed E-state index contributed by atoms with van der Waals surface area (Å²) in [7, 11) is 1.63. The van der Waals surface area contributed by atoms with Gasteiger partial charge in [-0.05, 0) is 24.3 Å². The Morgan fingerprint density at radius 3 is 3.00 bits per heavy atom. The molecule has 74 valence electrons. The van der Waals surface area contributed by atoms with Crippen molar-refractivity contribution in [3.8, 4) is 5.75 Å². The van der Waals surface area contributed by atoms with Crippen LogP contribution < -0.4 is 4.74 Å². The van der Waals surface area contributed by atoms with E-state index in [2.05, 4.69) is 9.83 Å². The molecule has 0 amide bonds. The number of hydrogen-bond acceptors (Lipinski definition) is 2. The average molecular weight is 198 g/mol. The van der Waals surface area contributed by atoms with Crippen molar-refractivity contribution in [3.63, 3.8) is 0 Å². The number of pyridine rings is 1. The fraction of sp³-hybridized carbons (Fsp3) is 0.167. The number of benzene rings is 1. The van der Waals surface area contributed by atoms with Gasteiger partial charge in [0.25, 0.3) is 0 Å². The molecule has 3 heteroatoms. The van der Waals surface area contributed by atoms with Crippen molar-refractivity contribution in [2.45, 2.75) is 6.54 Å². The lowest BCUT2D eigenvalue weighted by Gasteiger charge is -2.03. The minimum atomic E-state index is 0.381. The number of aromatic nitrogens is 1. The van der Waals surface area contributed by atoms with Crippen LogP contribution in [0.3, 0.4) is 0 Å². The van der Waals surface area contributed by atoms with Crippen LogP contribution in [0, 0.1) is 6.57 Å². The molecule has 0 unspecified atom stereocenters. The maximum atomic E-state index is 6.89. The van der Waals surface area contributed by atoms with Crippen LogP contribution in [0.1, 0.15) is 5.56 Å². The van der Waals surface area contributed by atoms with Crippen LogP contribution in [0.2, 0.25) is 0 Å². The molecule has 1 aromatic carbocycles. The topological polar surface area (TPSA) is 26.5 Å². The first-order chi connectivity index (χ1) is 7.35. The van der Waals surface area contributed by atoms with Gasteiger partial charge < -0.3 is 9.58 Å². The molecule has 0 aliphatic heterocycles. The van der Waals surface area contributed by atoms with Gasteiger partial charge in [0.1, 0.15) is 5.75 Å². The van der Waals surface area contributed by atoms with E-state index < -0.39 is 0 Å². The number of methoxy groups -OCH3 is 1. The molecule has 15 heavy (non-hydrogen) atoms. The molecule has 2 aromatic rings. The molecule has 1 heterocycles. The third kappa shape index (κ3) is 1.75. The molecule has 0 atom stereocenters. The van der Waals surface area contributed by atoms with Crippen LogP contribution in [-0.4, -0.2) is 12.1 Å². The second kappa shape index (κ2) is 3.97. The summed E-state index contributed by atoms with van der Waals surface area (Å²) in [5.74, 6) is 0.793. The Balaban J connectivity index is 2.66. The molecular formula is C12H10N2O. The first-order valence-electron chi connectivity index (χ1n) is 4.60. The molecule has 0 aliphatic carbocycles. The van der Waals surface area contributed by atoms with E-state index in [0.29, 0.717) is 6.54 Å². The largest absolute Gasteiger partial charge is 0.497 e. The zero-order valence-corrected chi connectivity index (χ0v) is 8.40. The van der Waals surface area contributed by atoms with Crippen molar-refractivity contribution in [2.75, 3.05) is 7.11 Å². The summed E-state index contributed by atoms with van der Waals surface area (Å²) in [4.78, 5) is 7.63. The quantitative estimate of drug-likeness (QED) is 0.693. The number of hydrogen-bond donors (Lipinski definition) is 0. The van der Waals surface area contributed by atoms with E-state index in [1.807, 2.05) is 24.3 Å². The first kappa shape index (κ1) is 9.47. The van der Waals surface area contributed by atoms with Gasteiger partial charge in [0.05, 0.1) is 12.6 Å². The van der Waals surface area contributed by atoms with Crippen LogP contribution in [0.15, 0.2) is 30.5 Å². The van der Waals surface area contributed by atoms with Crippen molar-refractivity contribution in [1.82, 2.24) is 4.98 Å². The van der Waals surface area contributed by atoms with Crippen molar-refractivity contribution >= 4 is 10.9 Å². The van der Waals surface area contributed by atoms with E-state index in [0.717, 1.165) is 22.2 Å². The predicted molar refractivity (Wildman–Crippen MR) is 58.6 cm³/mol. The minimum Gasteiger partial charge on any atom is -0.497 e. The van der Waals surface area contributed by atoms with Crippen LogP contribution in [-0.2, 0) is 6.54 Å². The third-order valence-electron chi connectivity index (χ3n) is 2.29. The van der Waals surface area contributed by atoms with Gasteiger partial charge in [0.2, 0.25) is 6.54 Å². The molecule has 0 saturated heterocycles. The lowest BCUT2D eigenvalue weighted by atomic mass is 10.1. The molecule has 0 spiro atoms. The molecule has 0 N–H and O–H groups in total. The Hall–Kier alpha value is -2.08. The van der Waals surface area contributed by atoms with Gasteiger partial charge in [0.15, 0.2) is 0 Å². The number of rotatable bonds is 2. The van der Waals surface area contributed by atoms with Gasteiger partial charge in [-0.3, -0.25) is 4.98 Å². The van der Waals surface area contributed by atoms with Crippen molar-refractivity contribution in [3.05, 3.63) is 47.4 Å². The normalized spacial score (nSPS) is 9.87. The molecule has 1 aromatic heterocycles. The summed E-state index contributed by atoms with van der Waals surface area (Å²) in [6.45, 7) is 7.27. The van der Waals surface area contributed by atoms with Crippen molar-refractivity contribution in [1.29, 1.82) is 0 Å². The van der Waals surface area contributed by atoms with Gasteiger partial charge >= 0.3 is 0 Å². The van der Waals surface area contributed by atoms with Crippen LogP contribution in [0.25, 0.3) is 15.7 Å². The Morgan fingerprint density at radius 1 is 1.40 bits per heavy atom. The second-order valence-corrected chi connectivity index (χ2v) is 3.17. The number of nitrogens with zero attached hydrogens (tertiary/aromatic N) is 2. The van der Waals surface area contributed by atoms with E-state index >= 15 is 0 Å². The van der Waals surface area contributed by atoms with Gasteiger partial charge in [-0.2, -0.15) is 0 Å². The molecule has 0 bridgehead atoms. The smallest absolute Gasteiger partial charge is 0.240 e. The molecular weight excluding hydrogens is 188 g/mol. The van der Waals surface area contributed by atoms with E-state index in [-0.39, 0.29) is 0 Å². The van der Waals surface area contributed by atoms with Crippen molar-refractivity contribution < 1.29 is 4.74 Å². The summed E-state index contributed by atoms with van der Waals surface area (Å²) in [6, 6.07) is 7.57. The zero-order valence-electron chi connectivity index (χ0n) is 8.40. The van der Waals surface area contributed by atoms with Gasteiger partial charge in [0, 0.05) is 17.1 Å². The summed E-state index contributed by atoms with van der Waals surface area (Å²) >= 11 is 0. The fourth-order valence-electron chi connectivity index (χ4n) is 1.53. The standard InChI is InChI=1S/C12H10N2O/c1-13-8-9-5-6-14-12-4-3-10(15-2)7-11(9)12/h3-7H,8H2,2H3. The number of fused-ring (bicyclic) bond motifs is 1. The van der Waals surface area contributed by atoms with Crippen LogP contribution in [0.5, 0.6) is 5.75 Å². The van der Waals surface area contributed by atoms with Gasteiger partial charge in [-0.15, -0.1) is 0 Å². The third-order valence-corrected chi connectivity index (χ3v) is 2.29. The van der Waals surface area contributed by atoms with Crippen molar-refractivity contribution in [2.24, 2.45) is 0 Å². The highest BCUT2D eigenvalue weighted by Crippen LogP contribution is 2.22. The monoisotopic (exact) mass is 198 g/mol. The summed E-state index contributed by atoms with van der Waals surface area (Å²) in [5, 5.41) is 0.993. The lowest BCUT2D eigenvalue weighted by Crippen LogP contribution is -1.88. The highest BCUT2D eigenvalue weighted by molar-refractivity contribution is 5.83. The van der Waals surface area contributed by atoms with Crippen LogP contribution in [0.4, 0.5) is 0 Å². The molecule has 0 saturated carbocycles. The lowest BCUT2D eigenvalue weighted by molar-refractivity contribution is 0.415. The Kier molecular flexibility index (Phi) is 2.51. The summed E-state index contributed by atoms with van der Waals surface area (Å²) < 4.78 is 5.15. The molecule has 2 rings (SSSR count).